The van der Waals surface area contributed by atoms with E-state index in [-0.39, 0.29) is 6.42 Å². The summed E-state index contributed by atoms with van der Waals surface area (Å²) in [4.78, 5) is 10.7. The van der Waals surface area contributed by atoms with Gasteiger partial charge in [-0.05, 0) is 12.1 Å². The largest absolute Gasteiger partial charge is 0.497 e. The molecular formula is C13H18O4. The molecule has 0 heterocycles. The summed E-state index contributed by atoms with van der Waals surface area (Å²) in [5, 5.41) is 8.75. The average Bonchev–Trinajstić information content (AvgIpc) is 2.25. The lowest BCUT2D eigenvalue weighted by Crippen LogP contribution is -2.24. The minimum atomic E-state index is -0.816. The first-order valence-corrected chi connectivity index (χ1v) is 5.41. The number of aliphatic carboxylic acids is 1. The molecule has 0 aliphatic heterocycles. The van der Waals surface area contributed by atoms with Crippen LogP contribution in [0.4, 0.5) is 0 Å². The monoisotopic (exact) mass is 238 g/mol. The average molecular weight is 238 g/mol. The van der Waals surface area contributed by atoms with Crippen LogP contribution >= 0.6 is 0 Å². The molecule has 0 fully saturated rings. The predicted octanol–water partition coefficient (Wildman–Crippen LogP) is 2.57. The molecule has 0 spiro atoms. The summed E-state index contributed by atoms with van der Waals surface area (Å²) in [6.45, 7) is 4.08. The van der Waals surface area contributed by atoms with Gasteiger partial charge in [0.2, 0.25) is 0 Å². The van der Waals surface area contributed by atoms with Crippen LogP contribution in [0.5, 0.6) is 11.5 Å². The summed E-state index contributed by atoms with van der Waals surface area (Å²) in [6.07, 6.45) is 0.0803. The summed E-state index contributed by atoms with van der Waals surface area (Å²) in [5.74, 6) is 0.589. The summed E-state index contributed by atoms with van der Waals surface area (Å²) >= 11 is 0. The first kappa shape index (κ1) is 13.4. The van der Waals surface area contributed by atoms with Crippen molar-refractivity contribution in [1.29, 1.82) is 0 Å². The van der Waals surface area contributed by atoms with E-state index >= 15 is 0 Å². The minimum absolute atomic E-state index is 0.0803. The first-order chi connectivity index (χ1) is 7.93. The third-order valence-electron chi connectivity index (χ3n) is 2.30. The van der Waals surface area contributed by atoms with Crippen LogP contribution in [0.15, 0.2) is 24.3 Å². The highest BCUT2D eigenvalue weighted by atomic mass is 16.5. The topological polar surface area (TPSA) is 55.8 Å². The molecule has 0 bridgehead atoms. The molecule has 1 N–H and O–H groups in total. The molecule has 1 rings (SSSR count). The van der Waals surface area contributed by atoms with Crippen molar-refractivity contribution < 1.29 is 19.4 Å². The molecule has 1 aromatic rings. The van der Waals surface area contributed by atoms with Gasteiger partial charge < -0.3 is 14.6 Å². The highest BCUT2D eigenvalue weighted by Crippen LogP contribution is 2.24. The van der Waals surface area contributed by atoms with Gasteiger partial charge in [0.1, 0.15) is 11.5 Å². The van der Waals surface area contributed by atoms with Gasteiger partial charge in [-0.15, -0.1) is 0 Å². The van der Waals surface area contributed by atoms with Crippen LogP contribution in [0.25, 0.3) is 0 Å². The van der Waals surface area contributed by atoms with Gasteiger partial charge in [0.15, 0.2) is 0 Å². The lowest BCUT2D eigenvalue weighted by molar-refractivity contribution is -0.139. The molecule has 0 saturated carbocycles. The summed E-state index contributed by atoms with van der Waals surface area (Å²) < 4.78 is 10.6. The quantitative estimate of drug-likeness (QED) is 0.827. The standard InChI is InChI=1S/C13H18O4/c1-13(2,8-12(14)15)9-17-11-6-4-5-10(7-11)16-3/h4-7H,8-9H2,1-3H3,(H,14,15). The maximum Gasteiger partial charge on any atom is 0.304 e. The molecule has 0 saturated heterocycles. The molecule has 17 heavy (non-hydrogen) atoms. The zero-order chi connectivity index (χ0) is 12.9. The number of carboxylic acid groups (broad SMARTS) is 1. The fourth-order valence-corrected chi connectivity index (χ4v) is 1.43. The number of hydrogen-bond acceptors (Lipinski definition) is 3. The van der Waals surface area contributed by atoms with Crippen LogP contribution in [0.1, 0.15) is 20.3 Å². The maximum absolute atomic E-state index is 10.7. The number of methoxy groups -OCH3 is 1. The molecule has 0 aliphatic rings. The van der Waals surface area contributed by atoms with Crippen LogP contribution in [0.2, 0.25) is 0 Å². The molecule has 0 radical (unpaired) electrons. The van der Waals surface area contributed by atoms with Crippen molar-refractivity contribution in [3.63, 3.8) is 0 Å². The van der Waals surface area contributed by atoms with E-state index in [9.17, 15) is 4.79 Å². The van der Waals surface area contributed by atoms with Crippen LogP contribution < -0.4 is 9.47 Å². The van der Waals surface area contributed by atoms with Gasteiger partial charge in [-0.3, -0.25) is 4.79 Å². The highest BCUT2D eigenvalue weighted by Gasteiger charge is 2.22. The number of benzene rings is 1. The molecule has 0 aromatic heterocycles. The van der Waals surface area contributed by atoms with Crippen molar-refractivity contribution in [3.05, 3.63) is 24.3 Å². The van der Waals surface area contributed by atoms with Crippen LogP contribution in [-0.4, -0.2) is 24.8 Å². The van der Waals surface area contributed by atoms with Crippen molar-refractivity contribution in [3.8, 4) is 11.5 Å². The second-order valence-electron chi connectivity index (χ2n) is 4.70. The summed E-state index contributed by atoms with van der Waals surface area (Å²) in [5.41, 5.74) is -0.394. The van der Waals surface area contributed by atoms with E-state index in [0.29, 0.717) is 12.4 Å². The van der Waals surface area contributed by atoms with E-state index in [1.165, 1.54) is 0 Å². The fourth-order valence-electron chi connectivity index (χ4n) is 1.43. The summed E-state index contributed by atoms with van der Waals surface area (Å²) in [7, 11) is 1.59. The lowest BCUT2D eigenvalue weighted by Gasteiger charge is -2.22. The van der Waals surface area contributed by atoms with Gasteiger partial charge in [0, 0.05) is 11.5 Å². The van der Waals surface area contributed by atoms with E-state index in [4.69, 9.17) is 14.6 Å². The second kappa shape index (κ2) is 5.57. The summed E-state index contributed by atoms with van der Waals surface area (Å²) in [6, 6.07) is 7.25. The Morgan fingerprint density at radius 1 is 1.35 bits per heavy atom. The third-order valence-corrected chi connectivity index (χ3v) is 2.30. The van der Waals surface area contributed by atoms with Crippen molar-refractivity contribution in [2.24, 2.45) is 5.41 Å². The SMILES string of the molecule is COc1cccc(OCC(C)(C)CC(=O)O)c1. The Morgan fingerprint density at radius 2 is 2.00 bits per heavy atom. The van der Waals surface area contributed by atoms with Gasteiger partial charge >= 0.3 is 5.97 Å². The van der Waals surface area contributed by atoms with Gasteiger partial charge in [-0.25, -0.2) is 0 Å². The van der Waals surface area contributed by atoms with E-state index in [0.717, 1.165) is 5.75 Å². The zero-order valence-corrected chi connectivity index (χ0v) is 10.4. The van der Waals surface area contributed by atoms with E-state index in [1.807, 2.05) is 32.0 Å². The molecule has 4 nitrogen and oxygen atoms in total. The number of carboxylic acids is 1. The molecule has 0 amide bonds. The smallest absolute Gasteiger partial charge is 0.304 e. The Labute approximate surface area is 101 Å². The Bertz CT molecular complexity index is 385. The van der Waals surface area contributed by atoms with Gasteiger partial charge in [-0.2, -0.15) is 0 Å². The molecule has 4 heteroatoms. The van der Waals surface area contributed by atoms with E-state index < -0.39 is 11.4 Å². The third kappa shape index (κ3) is 4.76. The molecule has 0 aliphatic carbocycles. The van der Waals surface area contributed by atoms with Crippen LogP contribution in [0, 0.1) is 5.41 Å². The molecule has 94 valence electrons. The number of rotatable bonds is 6. The molecule has 0 atom stereocenters. The van der Waals surface area contributed by atoms with Gasteiger partial charge in [0.25, 0.3) is 0 Å². The first-order valence-electron chi connectivity index (χ1n) is 5.41. The molecule has 1 aromatic carbocycles. The Hall–Kier alpha value is -1.71. The van der Waals surface area contributed by atoms with E-state index in [1.54, 1.807) is 13.2 Å². The molecule has 0 unspecified atom stereocenters. The number of carbonyl (C=O) groups is 1. The predicted molar refractivity (Wildman–Crippen MR) is 64.5 cm³/mol. The molecular weight excluding hydrogens is 220 g/mol. The Kier molecular flexibility index (Phi) is 4.37. The number of hydrogen-bond donors (Lipinski definition) is 1. The minimum Gasteiger partial charge on any atom is -0.497 e. The zero-order valence-electron chi connectivity index (χ0n) is 10.4. The Balaban J connectivity index is 2.57. The lowest BCUT2D eigenvalue weighted by atomic mass is 9.91. The number of ether oxygens (including phenoxy) is 2. The van der Waals surface area contributed by atoms with E-state index in [2.05, 4.69) is 0 Å². The Morgan fingerprint density at radius 3 is 2.59 bits per heavy atom. The van der Waals surface area contributed by atoms with Crippen molar-refractivity contribution >= 4 is 5.97 Å². The normalized spacial score (nSPS) is 11.0. The van der Waals surface area contributed by atoms with Crippen molar-refractivity contribution in [2.45, 2.75) is 20.3 Å². The van der Waals surface area contributed by atoms with Crippen molar-refractivity contribution in [1.82, 2.24) is 0 Å². The van der Waals surface area contributed by atoms with Gasteiger partial charge in [0.05, 0.1) is 20.1 Å². The van der Waals surface area contributed by atoms with Crippen LogP contribution in [-0.2, 0) is 4.79 Å². The second-order valence-corrected chi connectivity index (χ2v) is 4.70. The van der Waals surface area contributed by atoms with Crippen LogP contribution in [0.3, 0.4) is 0 Å². The highest BCUT2D eigenvalue weighted by molar-refractivity contribution is 5.67. The van der Waals surface area contributed by atoms with Gasteiger partial charge in [-0.1, -0.05) is 19.9 Å². The maximum atomic E-state index is 10.7. The van der Waals surface area contributed by atoms with Crippen molar-refractivity contribution in [2.75, 3.05) is 13.7 Å². The fraction of sp³-hybridized carbons (Fsp3) is 0.462.